The normalized spacial score (nSPS) is 22.4. The van der Waals surface area contributed by atoms with Crippen LogP contribution in [0.2, 0.25) is 0 Å². The second kappa shape index (κ2) is 7.66. The van der Waals surface area contributed by atoms with Crippen LogP contribution < -0.4 is 5.73 Å². The van der Waals surface area contributed by atoms with Crippen LogP contribution in [-0.4, -0.2) is 30.7 Å². The summed E-state index contributed by atoms with van der Waals surface area (Å²) in [6, 6.07) is 11.6. The lowest BCUT2D eigenvalue weighted by molar-refractivity contribution is 0.0999. The van der Waals surface area contributed by atoms with Gasteiger partial charge in [-0.25, -0.2) is 9.18 Å². The van der Waals surface area contributed by atoms with Crippen molar-refractivity contribution in [3.8, 4) is 18.2 Å². The van der Waals surface area contributed by atoms with Gasteiger partial charge in [-0.15, -0.1) is 0 Å². The lowest BCUT2D eigenvalue weighted by atomic mass is 9.58. The predicted molar refractivity (Wildman–Crippen MR) is 99.8 cm³/mol. The van der Waals surface area contributed by atoms with Gasteiger partial charge in [0.2, 0.25) is 0 Å². The van der Waals surface area contributed by atoms with Crippen LogP contribution in [-0.2, 0) is 4.74 Å². The van der Waals surface area contributed by atoms with E-state index < -0.39 is 29.2 Å². The smallest absolute Gasteiger partial charge is 0.410 e. The number of hydrogen-bond donors (Lipinski definition) is 1. The molecule has 0 radical (unpaired) electrons. The molecule has 0 saturated heterocycles. The third-order valence-corrected chi connectivity index (χ3v) is 5.40. The van der Waals surface area contributed by atoms with Crippen molar-refractivity contribution in [2.75, 3.05) is 19.7 Å². The summed E-state index contributed by atoms with van der Waals surface area (Å²) in [5.41, 5.74) is 5.17. The first-order valence-corrected chi connectivity index (χ1v) is 9.03. The fourth-order valence-corrected chi connectivity index (χ4v) is 4.12. The lowest BCUT2D eigenvalue weighted by Gasteiger charge is -2.45. The van der Waals surface area contributed by atoms with E-state index in [0.29, 0.717) is 11.1 Å². The molecule has 1 amide bonds. The fraction of sp³-hybridized carbons (Fsp3) is 0.333. The molecule has 0 spiro atoms. The number of fused-ring (bicyclic) bond motifs is 1. The van der Waals surface area contributed by atoms with Crippen molar-refractivity contribution in [2.24, 2.45) is 17.1 Å². The average Bonchev–Trinajstić information content (AvgIpc) is 2.73. The molecule has 146 valence electrons. The number of amides is 1. The van der Waals surface area contributed by atoms with Gasteiger partial charge in [0, 0.05) is 24.9 Å². The van der Waals surface area contributed by atoms with Crippen molar-refractivity contribution >= 4 is 6.09 Å². The largest absolute Gasteiger partial charge is 0.450 e. The van der Waals surface area contributed by atoms with Gasteiger partial charge in [0.25, 0.3) is 0 Å². The number of nitrogens with two attached hydrogens (primary N) is 1. The maximum Gasteiger partial charge on any atom is 0.410 e. The van der Waals surface area contributed by atoms with Crippen LogP contribution in [0.3, 0.4) is 0 Å². The minimum atomic E-state index is -1.88. The number of nitriles is 3. The zero-order valence-corrected chi connectivity index (χ0v) is 15.7. The Balaban J connectivity index is 2.24. The third kappa shape index (κ3) is 3.07. The Bertz CT molecular complexity index is 1030. The van der Waals surface area contributed by atoms with Crippen LogP contribution in [0.25, 0.3) is 0 Å². The number of rotatable bonds is 2. The quantitative estimate of drug-likeness (QED) is 0.826. The SMILES string of the molecule is CCOC(=O)N1CC=C2C(C#N)=C(N)C(C#N)(C#N)[C@@H](c3cccc(F)c3)[C@H]2C1. The minimum absolute atomic E-state index is 0.0641. The molecule has 1 aliphatic heterocycles. The Hall–Kier alpha value is -3.83. The number of carbonyl (C=O) groups excluding carboxylic acids is 1. The number of halogens is 1. The first-order chi connectivity index (χ1) is 13.9. The van der Waals surface area contributed by atoms with Crippen LogP contribution in [0, 0.1) is 51.1 Å². The summed E-state index contributed by atoms with van der Waals surface area (Å²) in [5, 5.41) is 29.6. The van der Waals surface area contributed by atoms with E-state index in [9.17, 15) is 25.0 Å². The van der Waals surface area contributed by atoms with E-state index in [1.165, 1.54) is 23.1 Å². The highest BCUT2D eigenvalue weighted by atomic mass is 19.1. The molecular formula is C21H18FN5O2. The van der Waals surface area contributed by atoms with Gasteiger partial charge >= 0.3 is 6.09 Å². The van der Waals surface area contributed by atoms with Gasteiger partial charge in [-0.1, -0.05) is 18.2 Å². The van der Waals surface area contributed by atoms with E-state index >= 15 is 0 Å². The monoisotopic (exact) mass is 391 g/mol. The average molecular weight is 391 g/mol. The maximum absolute atomic E-state index is 14.0. The number of nitrogens with zero attached hydrogens (tertiary/aromatic N) is 4. The fourth-order valence-electron chi connectivity index (χ4n) is 4.12. The molecule has 2 aliphatic rings. The molecule has 2 N–H and O–H groups in total. The van der Waals surface area contributed by atoms with Crippen LogP contribution >= 0.6 is 0 Å². The molecule has 1 heterocycles. The van der Waals surface area contributed by atoms with E-state index in [1.807, 2.05) is 18.2 Å². The van der Waals surface area contributed by atoms with Crippen molar-refractivity contribution in [3.05, 3.63) is 58.6 Å². The Labute approximate surface area is 167 Å². The van der Waals surface area contributed by atoms with E-state index in [1.54, 1.807) is 19.1 Å². The van der Waals surface area contributed by atoms with Gasteiger partial charge in [-0.05, 0) is 30.2 Å². The minimum Gasteiger partial charge on any atom is -0.450 e. The third-order valence-electron chi connectivity index (χ3n) is 5.40. The predicted octanol–water partition coefficient (Wildman–Crippen LogP) is 2.71. The summed E-state index contributed by atoms with van der Waals surface area (Å²) in [5.74, 6) is -1.99. The number of benzene rings is 1. The number of allylic oxidation sites excluding steroid dienone is 2. The highest BCUT2D eigenvalue weighted by molar-refractivity contribution is 5.69. The Morgan fingerprint density at radius 1 is 1.38 bits per heavy atom. The van der Waals surface area contributed by atoms with Gasteiger partial charge < -0.3 is 15.4 Å². The summed E-state index contributed by atoms with van der Waals surface area (Å²) in [4.78, 5) is 13.7. The number of hydrogen-bond acceptors (Lipinski definition) is 6. The van der Waals surface area contributed by atoms with Crippen LogP contribution in [0.5, 0.6) is 0 Å². The molecule has 1 aromatic rings. The summed E-state index contributed by atoms with van der Waals surface area (Å²) in [6.07, 6.45) is 1.14. The topological polar surface area (TPSA) is 127 Å². The summed E-state index contributed by atoms with van der Waals surface area (Å²) < 4.78 is 19.1. The van der Waals surface area contributed by atoms with Crippen LogP contribution in [0.15, 0.2) is 47.2 Å². The lowest BCUT2D eigenvalue weighted by Crippen LogP contribution is -2.49. The van der Waals surface area contributed by atoms with E-state index in [4.69, 9.17) is 10.5 Å². The van der Waals surface area contributed by atoms with Gasteiger partial charge in [0.15, 0.2) is 5.41 Å². The summed E-state index contributed by atoms with van der Waals surface area (Å²) >= 11 is 0. The molecule has 0 aromatic heterocycles. The number of carbonyl (C=O) groups is 1. The molecule has 0 unspecified atom stereocenters. The first-order valence-electron chi connectivity index (χ1n) is 9.03. The van der Waals surface area contributed by atoms with Crippen LogP contribution in [0.4, 0.5) is 9.18 Å². The molecule has 7 nitrogen and oxygen atoms in total. The van der Waals surface area contributed by atoms with E-state index in [-0.39, 0.29) is 31.0 Å². The standard InChI is InChI=1S/C21H18FN5O2/c1-2-29-20(28)27-7-6-15-16(9-23)19(26)21(11-24,12-25)18(17(15)10-27)13-4-3-5-14(22)8-13/h3-6,8,17-18H,2,7,10,26H2,1H3/t17-,18-/m0/s1. The molecule has 1 aromatic carbocycles. The van der Waals surface area contributed by atoms with E-state index in [2.05, 4.69) is 0 Å². The summed E-state index contributed by atoms with van der Waals surface area (Å²) in [6.45, 7) is 2.19. The molecule has 0 saturated carbocycles. The molecule has 1 aliphatic carbocycles. The Kier molecular flexibility index (Phi) is 5.26. The molecule has 2 atom stereocenters. The maximum atomic E-state index is 14.0. The van der Waals surface area contributed by atoms with Crippen molar-refractivity contribution in [2.45, 2.75) is 12.8 Å². The van der Waals surface area contributed by atoms with Gasteiger partial charge in [0.05, 0.1) is 30.0 Å². The second-order valence-corrected chi connectivity index (χ2v) is 6.83. The Morgan fingerprint density at radius 3 is 2.69 bits per heavy atom. The Morgan fingerprint density at radius 2 is 2.10 bits per heavy atom. The zero-order chi connectivity index (χ0) is 21.2. The van der Waals surface area contributed by atoms with Crippen molar-refractivity contribution in [3.63, 3.8) is 0 Å². The highest BCUT2D eigenvalue weighted by Gasteiger charge is 2.54. The van der Waals surface area contributed by atoms with Crippen molar-refractivity contribution < 1.29 is 13.9 Å². The second-order valence-electron chi connectivity index (χ2n) is 6.83. The van der Waals surface area contributed by atoms with Crippen LogP contribution in [0.1, 0.15) is 18.4 Å². The summed E-state index contributed by atoms with van der Waals surface area (Å²) in [7, 11) is 0. The molecule has 0 bridgehead atoms. The molecule has 29 heavy (non-hydrogen) atoms. The molecule has 0 fully saturated rings. The van der Waals surface area contributed by atoms with Gasteiger partial charge in [0.1, 0.15) is 11.9 Å². The zero-order valence-electron chi connectivity index (χ0n) is 15.7. The van der Waals surface area contributed by atoms with Gasteiger partial charge in [-0.2, -0.15) is 15.8 Å². The first kappa shape index (κ1) is 19.9. The number of ether oxygens (including phenoxy) is 1. The van der Waals surface area contributed by atoms with Gasteiger partial charge in [-0.3, -0.25) is 0 Å². The molecule has 8 heteroatoms. The molecular weight excluding hydrogens is 373 g/mol. The highest BCUT2D eigenvalue weighted by Crippen LogP contribution is 2.54. The molecule has 3 rings (SSSR count). The van der Waals surface area contributed by atoms with Crippen molar-refractivity contribution in [1.82, 2.24) is 4.90 Å². The van der Waals surface area contributed by atoms with Crippen molar-refractivity contribution in [1.29, 1.82) is 15.8 Å². The van der Waals surface area contributed by atoms with E-state index in [0.717, 1.165) is 0 Å².